The van der Waals surface area contributed by atoms with Crippen molar-refractivity contribution >= 4 is 33.2 Å². The van der Waals surface area contributed by atoms with Gasteiger partial charge in [0.2, 0.25) is 5.91 Å². The first-order valence-corrected chi connectivity index (χ1v) is 11.2. The summed E-state index contributed by atoms with van der Waals surface area (Å²) < 4.78 is 40.7. The van der Waals surface area contributed by atoms with E-state index in [-0.39, 0.29) is 6.54 Å². The lowest BCUT2D eigenvalue weighted by molar-refractivity contribution is -0.131. The Bertz CT molecular complexity index is 1370. The smallest absolute Gasteiger partial charge is 0.382 e. The van der Waals surface area contributed by atoms with Gasteiger partial charge in [-0.1, -0.05) is 34.1 Å². The van der Waals surface area contributed by atoms with Crippen LogP contribution in [0.2, 0.25) is 0 Å². The van der Waals surface area contributed by atoms with E-state index in [1.807, 2.05) is 30.3 Å². The van der Waals surface area contributed by atoms with Gasteiger partial charge in [0, 0.05) is 28.6 Å². The van der Waals surface area contributed by atoms with Gasteiger partial charge in [0.15, 0.2) is 5.65 Å². The van der Waals surface area contributed by atoms with Gasteiger partial charge < -0.3 is 11.1 Å². The number of primary amides is 1. The maximum absolute atomic E-state index is 12.7. The van der Waals surface area contributed by atoms with Crippen LogP contribution in [-0.2, 0) is 6.42 Å². The first kappa shape index (κ1) is 23.7. The van der Waals surface area contributed by atoms with Crippen molar-refractivity contribution in [3.63, 3.8) is 0 Å². The van der Waals surface area contributed by atoms with Crippen molar-refractivity contribution in [2.45, 2.75) is 25.9 Å². The highest BCUT2D eigenvalue weighted by atomic mass is 79.9. The van der Waals surface area contributed by atoms with Crippen molar-refractivity contribution in [3.8, 4) is 11.3 Å². The van der Waals surface area contributed by atoms with Crippen molar-refractivity contribution in [2.24, 2.45) is 5.73 Å². The predicted molar refractivity (Wildman–Crippen MR) is 128 cm³/mol. The summed E-state index contributed by atoms with van der Waals surface area (Å²) >= 11 is 3.45. The van der Waals surface area contributed by atoms with Crippen molar-refractivity contribution in [1.29, 1.82) is 0 Å². The Labute approximate surface area is 202 Å². The highest BCUT2D eigenvalue weighted by molar-refractivity contribution is 9.10. The third kappa shape index (κ3) is 5.39. The Hall–Kier alpha value is -3.40. The van der Waals surface area contributed by atoms with E-state index in [1.54, 1.807) is 35.8 Å². The zero-order chi connectivity index (χ0) is 24.5. The van der Waals surface area contributed by atoms with Gasteiger partial charge in [-0.15, -0.1) is 0 Å². The minimum atomic E-state index is -4.27. The number of benzene rings is 2. The molecule has 0 atom stereocenters. The van der Waals surface area contributed by atoms with Crippen LogP contribution in [0, 0.1) is 6.92 Å². The Balaban J connectivity index is 1.78. The number of carbonyl (C=O) groups excluding carboxylic acids is 1. The van der Waals surface area contributed by atoms with Crippen LogP contribution in [0.5, 0.6) is 0 Å². The lowest BCUT2D eigenvalue weighted by Crippen LogP contribution is -2.15. The number of aryl methyl sites for hydroxylation is 1. The third-order valence-corrected chi connectivity index (χ3v) is 5.80. The Morgan fingerprint density at radius 2 is 1.97 bits per heavy atom. The second-order valence-electron chi connectivity index (χ2n) is 7.92. The number of halogens is 4. The molecule has 0 unspecified atom stereocenters. The molecule has 0 saturated heterocycles. The largest absolute Gasteiger partial charge is 0.390 e. The predicted octanol–water partition coefficient (Wildman–Crippen LogP) is 5.52. The Morgan fingerprint density at radius 1 is 1.18 bits per heavy atom. The van der Waals surface area contributed by atoms with E-state index in [9.17, 15) is 18.0 Å². The van der Waals surface area contributed by atoms with Gasteiger partial charge in [-0.3, -0.25) is 4.79 Å². The molecule has 10 heteroatoms. The molecule has 0 aliphatic carbocycles. The number of carbonyl (C=O) groups is 1. The van der Waals surface area contributed by atoms with E-state index in [4.69, 9.17) is 10.8 Å². The van der Waals surface area contributed by atoms with Crippen LogP contribution in [0.1, 0.15) is 33.6 Å². The maximum Gasteiger partial charge on any atom is 0.390 e. The number of alkyl halides is 3. The number of nitrogens with zero attached hydrogens (tertiary/aromatic N) is 3. The number of nitrogens with one attached hydrogen (secondary N) is 1. The number of nitrogens with two attached hydrogens (primary N) is 1. The number of imidazole rings is 1. The molecule has 0 saturated carbocycles. The van der Waals surface area contributed by atoms with E-state index in [2.05, 4.69) is 26.2 Å². The molecule has 0 radical (unpaired) electrons. The van der Waals surface area contributed by atoms with Crippen molar-refractivity contribution in [3.05, 3.63) is 81.6 Å². The highest BCUT2D eigenvalue weighted by Gasteiger charge is 2.26. The molecule has 2 aromatic heterocycles. The minimum Gasteiger partial charge on any atom is -0.382 e. The quantitative estimate of drug-likeness (QED) is 0.328. The molecule has 0 aliphatic rings. The molecule has 1 amide bonds. The zero-order valence-electron chi connectivity index (χ0n) is 18.2. The summed E-state index contributed by atoms with van der Waals surface area (Å²) in [7, 11) is 0. The molecule has 0 bridgehead atoms. The fourth-order valence-electron chi connectivity index (χ4n) is 3.73. The highest BCUT2D eigenvalue weighted by Crippen LogP contribution is 2.28. The number of hydrogen-bond donors (Lipinski definition) is 2. The number of hydrogen-bond acceptors (Lipinski definition) is 4. The lowest BCUT2D eigenvalue weighted by atomic mass is 10.0. The normalized spacial score (nSPS) is 11.7. The van der Waals surface area contributed by atoms with E-state index in [0.717, 1.165) is 15.6 Å². The molecule has 2 aromatic carbocycles. The Kier molecular flexibility index (Phi) is 6.60. The van der Waals surface area contributed by atoms with Crippen LogP contribution in [0.3, 0.4) is 0 Å². The fraction of sp³-hybridized carbons (Fsp3) is 0.208. The van der Waals surface area contributed by atoms with E-state index >= 15 is 0 Å². The molecule has 176 valence electrons. The second-order valence-corrected chi connectivity index (χ2v) is 8.84. The van der Waals surface area contributed by atoms with Crippen LogP contribution in [0.15, 0.2) is 59.2 Å². The second kappa shape index (κ2) is 9.46. The summed E-state index contributed by atoms with van der Waals surface area (Å²) in [5.74, 6) is -0.521. The molecular formula is C24H21BrF3N5O. The van der Waals surface area contributed by atoms with Gasteiger partial charge in [-0.2, -0.15) is 18.3 Å². The molecule has 0 spiro atoms. The average molecular weight is 532 g/mol. The van der Waals surface area contributed by atoms with Gasteiger partial charge in [-0.05, 0) is 48.4 Å². The van der Waals surface area contributed by atoms with Crippen LogP contribution in [0.4, 0.5) is 18.9 Å². The third-order valence-electron chi connectivity index (χ3n) is 5.30. The van der Waals surface area contributed by atoms with Gasteiger partial charge in [0.05, 0.1) is 29.7 Å². The fourth-order valence-corrected chi connectivity index (χ4v) is 4.17. The molecule has 4 aromatic rings. The molecule has 2 heterocycles. The first-order valence-electron chi connectivity index (χ1n) is 10.4. The first-order chi connectivity index (χ1) is 16.1. The van der Waals surface area contributed by atoms with E-state index < -0.39 is 18.5 Å². The van der Waals surface area contributed by atoms with Gasteiger partial charge in [0.25, 0.3) is 0 Å². The maximum atomic E-state index is 12.7. The molecular weight excluding hydrogens is 511 g/mol. The van der Waals surface area contributed by atoms with E-state index in [1.165, 1.54) is 0 Å². The monoisotopic (exact) mass is 531 g/mol. The Morgan fingerprint density at radius 3 is 2.65 bits per heavy atom. The SMILES string of the molecule is Cc1cc(-c2cnc3c(NCCC(F)(F)F)cc(Cc4cccc(Br)c4)nn23)ccc1C(N)=O. The molecule has 4 rings (SSSR count). The minimum absolute atomic E-state index is 0.284. The number of anilines is 1. The molecule has 6 nitrogen and oxygen atoms in total. The summed E-state index contributed by atoms with van der Waals surface area (Å²) in [5, 5.41) is 7.59. The summed E-state index contributed by atoms with van der Waals surface area (Å²) in [4.78, 5) is 16.0. The molecule has 0 fully saturated rings. The lowest BCUT2D eigenvalue weighted by Gasteiger charge is -2.13. The summed E-state index contributed by atoms with van der Waals surface area (Å²) in [6.45, 7) is 1.50. The number of fused-ring (bicyclic) bond motifs is 1. The van der Waals surface area contributed by atoms with Gasteiger partial charge in [0.1, 0.15) is 0 Å². The summed E-state index contributed by atoms with van der Waals surface area (Å²) in [5.41, 5.74) is 10.4. The molecule has 34 heavy (non-hydrogen) atoms. The van der Waals surface area contributed by atoms with Gasteiger partial charge in [-0.25, -0.2) is 9.50 Å². The molecule has 0 aliphatic heterocycles. The van der Waals surface area contributed by atoms with Crippen LogP contribution in [0.25, 0.3) is 16.9 Å². The standard InChI is InChI=1S/C24H21BrF3N5O/c1-14-9-16(5-6-19(14)22(29)34)21-13-31-23-20(30-8-7-24(26,27)28)12-18(32-33(21)23)11-15-3-2-4-17(25)10-15/h2-6,9-10,12-13,30H,7-8,11H2,1H3,(H2,29,34). The zero-order valence-corrected chi connectivity index (χ0v) is 19.7. The topological polar surface area (TPSA) is 85.3 Å². The van der Waals surface area contributed by atoms with Crippen LogP contribution >= 0.6 is 15.9 Å². The number of aromatic nitrogens is 3. The number of amides is 1. The van der Waals surface area contributed by atoms with E-state index in [0.29, 0.717) is 40.3 Å². The molecule has 3 N–H and O–H groups in total. The van der Waals surface area contributed by atoms with Crippen molar-refractivity contribution in [2.75, 3.05) is 11.9 Å². The average Bonchev–Trinajstić information content (AvgIpc) is 3.16. The summed E-state index contributed by atoms with van der Waals surface area (Å²) in [6.07, 6.45) is -3.15. The van der Waals surface area contributed by atoms with Crippen molar-refractivity contribution < 1.29 is 18.0 Å². The number of rotatable bonds is 7. The van der Waals surface area contributed by atoms with Crippen LogP contribution < -0.4 is 11.1 Å². The van der Waals surface area contributed by atoms with Crippen molar-refractivity contribution in [1.82, 2.24) is 14.6 Å². The van der Waals surface area contributed by atoms with Gasteiger partial charge >= 0.3 is 6.18 Å². The van der Waals surface area contributed by atoms with Crippen LogP contribution in [-0.4, -0.2) is 33.2 Å². The summed E-state index contributed by atoms with van der Waals surface area (Å²) in [6, 6.07) is 14.7.